The molecule has 8 nitrogen and oxygen atoms in total. The zero-order valence-corrected chi connectivity index (χ0v) is 15.7. The number of rotatable bonds is 7. The number of nitro groups is 1. The molecule has 0 aromatic heterocycles. The first kappa shape index (κ1) is 19.6. The van der Waals surface area contributed by atoms with E-state index in [2.05, 4.69) is 5.32 Å². The fourth-order valence-electron chi connectivity index (χ4n) is 2.98. The Morgan fingerprint density at radius 2 is 2.00 bits per heavy atom. The van der Waals surface area contributed by atoms with Crippen molar-refractivity contribution in [3.63, 3.8) is 0 Å². The topological polar surface area (TPSA) is 93.9 Å². The Kier molecular flexibility index (Phi) is 6.44. The van der Waals surface area contributed by atoms with Crippen LogP contribution < -0.4 is 10.1 Å². The first-order valence-electron chi connectivity index (χ1n) is 9.14. The zero-order valence-electron chi connectivity index (χ0n) is 15.7. The zero-order chi connectivity index (χ0) is 19.9. The number of aryl methyl sites for hydroxylation is 1. The van der Waals surface area contributed by atoms with Crippen molar-refractivity contribution < 1.29 is 19.2 Å². The van der Waals surface area contributed by atoms with Gasteiger partial charge < -0.3 is 19.7 Å². The highest BCUT2D eigenvalue weighted by Gasteiger charge is 2.22. The predicted octanol–water partition coefficient (Wildman–Crippen LogP) is 2.87. The van der Waals surface area contributed by atoms with E-state index < -0.39 is 4.92 Å². The number of nitro benzene ring substituents is 1. The molecule has 1 saturated heterocycles. The van der Waals surface area contributed by atoms with Crippen molar-refractivity contribution in [1.29, 1.82) is 0 Å². The minimum Gasteiger partial charge on any atom is -0.491 e. The summed E-state index contributed by atoms with van der Waals surface area (Å²) in [7, 11) is 0. The molecule has 0 atom stereocenters. The van der Waals surface area contributed by atoms with Gasteiger partial charge in [0, 0.05) is 31.3 Å². The van der Waals surface area contributed by atoms with E-state index in [-0.39, 0.29) is 11.6 Å². The number of nitrogens with zero attached hydrogens (tertiary/aromatic N) is 2. The summed E-state index contributed by atoms with van der Waals surface area (Å²) in [5.41, 5.74) is 1.56. The molecule has 1 aliphatic heterocycles. The van der Waals surface area contributed by atoms with Crippen LogP contribution in [0.4, 0.5) is 11.4 Å². The van der Waals surface area contributed by atoms with Crippen LogP contribution in [0, 0.1) is 17.0 Å². The Balaban J connectivity index is 1.63. The van der Waals surface area contributed by atoms with Gasteiger partial charge >= 0.3 is 0 Å². The van der Waals surface area contributed by atoms with Gasteiger partial charge in [-0.05, 0) is 30.7 Å². The lowest BCUT2D eigenvalue weighted by Crippen LogP contribution is -2.40. The summed E-state index contributed by atoms with van der Waals surface area (Å²) in [6, 6.07) is 12.2. The molecule has 0 bridgehead atoms. The smallest absolute Gasteiger partial charge is 0.293 e. The maximum atomic E-state index is 12.5. The molecular weight excluding hydrogens is 362 g/mol. The molecule has 3 rings (SSSR count). The molecule has 8 heteroatoms. The number of para-hydroxylation sites is 1. The molecule has 2 aromatic rings. The van der Waals surface area contributed by atoms with Gasteiger partial charge in [-0.15, -0.1) is 0 Å². The van der Waals surface area contributed by atoms with E-state index in [1.165, 1.54) is 6.07 Å². The maximum Gasteiger partial charge on any atom is 0.293 e. The summed E-state index contributed by atoms with van der Waals surface area (Å²) >= 11 is 0. The van der Waals surface area contributed by atoms with Crippen molar-refractivity contribution >= 4 is 17.3 Å². The van der Waals surface area contributed by atoms with Crippen LogP contribution in [-0.2, 0) is 4.74 Å². The van der Waals surface area contributed by atoms with Gasteiger partial charge in [-0.3, -0.25) is 14.9 Å². The van der Waals surface area contributed by atoms with Crippen molar-refractivity contribution in [3.05, 3.63) is 63.7 Å². The number of nitrogens with one attached hydrogen (secondary N) is 1. The first-order valence-corrected chi connectivity index (χ1v) is 9.14. The van der Waals surface area contributed by atoms with Crippen LogP contribution in [0.5, 0.6) is 5.75 Å². The van der Waals surface area contributed by atoms with E-state index in [1.54, 1.807) is 17.0 Å². The number of morpholine rings is 1. The molecule has 0 aliphatic carbocycles. The molecule has 0 spiro atoms. The van der Waals surface area contributed by atoms with E-state index in [0.29, 0.717) is 50.7 Å². The third-order valence-electron chi connectivity index (χ3n) is 4.51. The van der Waals surface area contributed by atoms with Crippen molar-refractivity contribution in [3.8, 4) is 5.75 Å². The second-order valence-corrected chi connectivity index (χ2v) is 6.43. The number of hydrogen-bond donors (Lipinski definition) is 1. The largest absolute Gasteiger partial charge is 0.491 e. The van der Waals surface area contributed by atoms with E-state index in [4.69, 9.17) is 9.47 Å². The monoisotopic (exact) mass is 385 g/mol. The number of carbonyl (C=O) groups is 1. The van der Waals surface area contributed by atoms with Crippen molar-refractivity contribution in [2.24, 2.45) is 0 Å². The number of carbonyl (C=O) groups excluding carboxylic acids is 1. The average molecular weight is 385 g/mol. The molecule has 1 aliphatic rings. The molecule has 0 radical (unpaired) electrons. The predicted molar refractivity (Wildman–Crippen MR) is 105 cm³/mol. The van der Waals surface area contributed by atoms with Crippen LogP contribution in [0.2, 0.25) is 0 Å². The third-order valence-corrected chi connectivity index (χ3v) is 4.51. The Morgan fingerprint density at radius 1 is 1.25 bits per heavy atom. The lowest BCUT2D eigenvalue weighted by Gasteiger charge is -2.26. The van der Waals surface area contributed by atoms with E-state index in [9.17, 15) is 14.9 Å². The Labute approximate surface area is 163 Å². The van der Waals surface area contributed by atoms with Crippen LogP contribution in [-0.4, -0.2) is 55.2 Å². The van der Waals surface area contributed by atoms with Gasteiger partial charge in [0.1, 0.15) is 18.0 Å². The van der Waals surface area contributed by atoms with Gasteiger partial charge in [-0.2, -0.15) is 0 Å². The second kappa shape index (κ2) is 9.18. The molecule has 0 unspecified atom stereocenters. The van der Waals surface area contributed by atoms with Crippen molar-refractivity contribution in [1.82, 2.24) is 4.90 Å². The molecule has 28 heavy (non-hydrogen) atoms. The molecule has 1 amide bonds. The Morgan fingerprint density at radius 3 is 2.71 bits per heavy atom. The lowest BCUT2D eigenvalue weighted by atomic mass is 10.1. The summed E-state index contributed by atoms with van der Waals surface area (Å²) in [6.45, 7) is 4.65. The summed E-state index contributed by atoms with van der Waals surface area (Å²) in [4.78, 5) is 25.2. The number of anilines is 1. The minimum absolute atomic E-state index is 0.130. The molecule has 1 fully saturated rings. The van der Waals surface area contributed by atoms with Gasteiger partial charge in [0.15, 0.2) is 0 Å². The number of amides is 1. The first-order chi connectivity index (χ1) is 13.6. The number of hydrogen-bond acceptors (Lipinski definition) is 6. The van der Waals surface area contributed by atoms with E-state index >= 15 is 0 Å². The quantitative estimate of drug-likeness (QED) is 0.447. The molecular formula is C20H23N3O5. The standard InChI is InChI=1S/C20H23N3O5/c1-15-4-2-3-5-19(15)28-11-8-21-17-7-6-16(14-18(17)23(25)26)20(24)22-9-12-27-13-10-22/h2-7,14,21H,8-13H2,1H3. The van der Waals surface area contributed by atoms with Crippen LogP contribution in [0.25, 0.3) is 0 Å². The van der Waals surface area contributed by atoms with E-state index in [1.807, 2.05) is 31.2 Å². The summed E-state index contributed by atoms with van der Waals surface area (Å²) in [6.07, 6.45) is 0. The van der Waals surface area contributed by atoms with E-state index in [0.717, 1.165) is 11.3 Å². The molecule has 148 valence electrons. The van der Waals surface area contributed by atoms with Crippen LogP contribution in [0.15, 0.2) is 42.5 Å². The molecule has 1 N–H and O–H groups in total. The Hall–Kier alpha value is -3.13. The highest BCUT2D eigenvalue weighted by molar-refractivity contribution is 5.95. The summed E-state index contributed by atoms with van der Waals surface area (Å²) in [5.74, 6) is 0.561. The molecule has 0 saturated carbocycles. The van der Waals surface area contributed by atoms with Crippen molar-refractivity contribution in [2.75, 3.05) is 44.8 Å². The van der Waals surface area contributed by atoms with Crippen LogP contribution in [0.1, 0.15) is 15.9 Å². The van der Waals surface area contributed by atoms with Gasteiger partial charge in [0.25, 0.3) is 11.6 Å². The van der Waals surface area contributed by atoms with Gasteiger partial charge in [0.2, 0.25) is 0 Å². The molecule has 2 aromatic carbocycles. The highest BCUT2D eigenvalue weighted by Crippen LogP contribution is 2.26. The number of benzene rings is 2. The van der Waals surface area contributed by atoms with Crippen LogP contribution >= 0.6 is 0 Å². The number of ether oxygens (including phenoxy) is 2. The lowest BCUT2D eigenvalue weighted by molar-refractivity contribution is -0.384. The second-order valence-electron chi connectivity index (χ2n) is 6.43. The fraction of sp³-hybridized carbons (Fsp3) is 0.350. The van der Waals surface area contributed by atoms with Gasteiger partial charge in [-0.25, -0.2) is 0 Å². The summed E-state index contributed by atoms with van der Waals surface area (Å²) < 4.78 is 10.9. The van der Waals surface area contributed by atoms with Gasteiger partial charge in [-0.1, -0.05) is 18.2 Å². The van der Waals surface area contributed by atoms with Crippen molar-refractivity contribution in [2.45, 2.75) is 6.92 Å². The normalized spacial score (nSPS) is 13.8. The van der Waals surface area contributed by atoms with Gasteiger partial charge in [0.05, 0.1) is 18.1 Å². The molecule has 1 heterocycles. The average Bonchev–Trinajstić information content (AvgIpc) is 2.72. The summed E-state index contributed by atoms with van der Waals surface area (Å²) in [5, 5.41) is 14.5. The Bertz CT molecular complexity index is 849. The third kappa shape index (κ3) is 4.77. The maximum absolute atomic E-state index is 12.5. The fourth-order valence-corrected chi connectivity index (χ4v) is 2.98. The SMILES string of the molecule is Cc1ccccc1OCCNc1ccc(C(=O)N2CCOCC2)cc1[N+](=O)[O-]. The minimum atomic E-state index is -0.485. The van der Waals surface area contributed by atoms with Crippen LogP contribution in [0.3, 0.4) is 0 Å². The highest BCUT2D eigenvalue weighted by atomic mass is 16.6.